The average Bonchev–Trinajstić information content (AvgIpc) is 2.46. The summed E-state index contributed by atoms with van der Waals surface area (Å²) in [7, 11) is 0. The van der Waals surface area contributed by atoms with E-state index in [1.165, 1.54) is 10.9 Å². The molecule has 0 saturated carbocycles. The Labute approximate surface area is 130 Å². The lowest BCUT2D eigenvalue weighted by Gasteiger charge is -2.09. The van der Waals surface area contributed by atoms with Gasteiger partial charge in [0.2, 0.25) is 0 Å². The fraction of sp³-hybridized carbons (Fsp3) is 0.353. The van der Waals surface area contributed by atoms with Crippen molar-refractivity contribution in [2.24, 2.45) is 0 Å². The maximum atomic E-state index is 12.1. The largest absolute Gasteiger partial charge is 0.350 e. The molecule has 5 heteroatoms. The summed E-state index contributed by atoms with van der Waals surface area (Å²) >= 11 is 0. The zero-order valence-electron chi connectivity index (χ0n) is 13.4. The van der Waals surface area contributed by atoms with Crippen molar-refractivity contribution in [2.45, 2.75) is 34.2 Å². The van der Waals surface area contributed by atoms with Crippen molar-refractivity contribution in [3.05, 3.63) is 62.8 Å². The van der Waals surface area contributed by atoms with Crippen LogP contribution < -0.4 is 10.9 Å². The molecular weight excluding hydrogens is 278 g/mol. The lowest BCUT2D eigenvalue weighted by Crippen LogP contribution is -2.32. The van der Waals surface area contributed by atoms with E-state index < -0.39 is 0 Å². The van der Waals surface area contributed by atoms with Gasteiger partial charge >= 0.3 is 0 Å². The van der Waals surface area contributed by atoms with E-state index in [1.54, 1.807) is 6.92 Å². The number of nitrogens with one attached hydrogen (secondary N) is 1. The van der Waals surface area contributed by atoms with Gasteiger partial charge in [0.25, 0.3) is 11.5 Å². The molecule has 0 bridgehead atoms. The molecule has 0 spiro atoms. The van der Waals surface area contributed by atoms with E-state index in [4.69, 9.17) is 0 Å². The molecule has 1 aromatic heterocycles. The smallest absolute Gasteiger partial charge is 0.256 e. The minimum absolute atomic E-state index is 0.0619. The number of rotatable bonds is 4. The van der Waals surface area contributed by atoms with Crippen molar-refractivity contribution in [1.29, 1.82) is 0 Å². The SMILES string of the molecule is Cc1cc(C)cc(C(=O)NCCn2cnc(C)c(C)c2=O)c1. The Morgan fingerprint density at radius 3 is 2.41 bits per heavy atom. The van der Waals surface area contributed by atoms with E-state index in [0.29, 0.717) is 24.2 Å². The van der Waals surface area contributed by atoms with Crippen molar-refractivity contribution in [3.8, 4) is 0 Å². The first-order chi connectivity index (χ1) is 10.4. The van der Waals surface area contributed by atoms with Gasteiger partial charge in [0, 0.05) is 29.9 Å². The van der Waals surface area contributed by atoms with Crippen LogP contribution in [0.5, 0.6) is 0 Å². The van der Waals surface area contributed by atoms with E-state index in [-0.39, 0.29) is 11.5 Å². The molecule has 0 atom stereocenters. The van der Waals surface area contributed by atoms with Crippen LogP contribution in [0, 0.1) is 27.7 Å². The normalized spacial score (nSPS) is 10.5. The summed E-state index contributed by atoms with van der Waals surface area (Å²) in [6.07, 6.45) is 1.52. The predicted molar refractivity (Wildman–Crippen MR) is 86.2 cm³/mol. The van der Waals surface area contributed by atoms with E-state index in [0.717, 1.165) is 16.8 Å². The number of carbonyl (C=O) groups excluding carboxylic acids is 1. The summed E-state index contributed by atoms with van der Waals surface area (Å²) in [5.41, 5.74) is 4.07. The third-order valence-electron chi connectivity index (χ3n) is 3.64. The summed E-state index contributed by atoms with van der Waals surface area (Å²) in [5, 5.41) is 2.84. The molecule has 1 heterocycles. The van der Waals surface area contributed by atoms with E-state index in [1.807, 2.05) is 39.0 Å². The number of hydrogen-bond acceptors (Lipinski definition) is 3. The van der Waals surface area contributed by atoms with Crippen LogP contribution in [0.1, 0.15) is 32.7 Å². The molecule has 22 heavy (non-hydrogen) atoms. The molecule has 0 aliphatic rings. The van der Waals surface area contributed by atoms with Crippen molar-refractivity contribution >= 4 is 5.91 Å². The minimum atomic E-state index is -0.128. The molecule has 2 rings (SSSR count). The van der Waals surface area contributed by atoms with E-state index in [9.17, 15) is 9.59 Å². The molecule has 0 radical (unpaired) electrons. The zero-order chi connectivity index (χ0) is 16.3. The summed E-state index contributed by atoms with van der Waals surface area (Å²) in [6, 6.07) is 5.73. The first-order valence-electron chi connectivity index (χ1n) is 7.27. The Morgan fingerprint density at radius 1 is 1.14 bits per heavy atom. The molecule has 1 aromatic carbocycles. The molecule has 0 fully saturated rings. The van der Waals surface area contributed by atoms with Gasteiger partial charge in [0.1, 0.15) is 0 Å². The first kappa shape index (κ1) is 15.9. The molecule has 116 valence electrons. The molecular formula is C17H21N3O2. The molecule has 1 amide bonds. The summed E-state index contributed by atoms with van der Waals surface area (Å²) in [6.45, 7) is 8.28. The summed E-state index contributed by atoms with van der Waals surface area (Å²) < 4.78 is 1.52. The number of amides is 1. The van der Waals surface area contributed by atoms with Crippen LogP contribution in [0.2, 0.25) is 0 Å². The Kier molecular flexibility index (Phi) is 4.75. The fourth-order valence-electron chi connectivity index (χ4n) is 2.33. The van der Waals surface area contributed by atoms with Gasteiger partial charge in [-0.3, -0.25) is 14.2 Å². The van der Waals surface area contributed by atoms with Gasteiger partial charge in [0.15, 0.2) is 0 Å². The Hall–Kier alpha value is -2.43. The van der Waals surface area contributed by atoms with Gasteiger partial charge in [-0.05, 0) is 39.8 Å². The van der Waals surface area contributed by atoms with Crippen LogP contribution in [0.3, 0.4) is 0 Å². The quantitative estimate of drug-likeness (QED) is 0.938. The lowest BCUT2D eigenvalue weighted by atomic mass is 10.1. The van der Waals surface area contributed by atoms with Crippen LogP contribution in [-0.4, -0.2) is 22.0 Å². The maximum absolute atomic E-state index is 12.1. The van der Waals surface area contributed by atoms with Crippen molar-refractivity contribution < 1.29 is 4.79 Å². The number of benzene rings is 1. The summed E-state index contributed by atoms with van der Waals surface area (Å²) in [5.74, 6) is -0.128. The Morgan fingerprint density at radius 2 is 1.77 bits per heavy atom. The van der Waals surface area contributed by atoms with Gasteiger partial charge in [-0.2, -0.15) is 0 Å². The van der Waals surface area contributed by atoms with Gasteiger partial charge in [-0.15, -0.1) is 0 Å². The van der Waals surface area contributed by atoms with Crippen LogP contribution in [0.15, 0.2) is 29.3 Å². The van der Waals surface area contributed by atoms with Gasteiger partial charge in [-0.1, -0.05) is 17.2 Å². The lowest BCUT2D eigenvalue weighted by molar-refractivity contribution is 0.0952. The van der Waals surface area contributed by atoms with Gasteiger partial charge < -0.3 is 5.32 Å². The van der Waals surface area contributed by atoms with Gasteiger partial charge in [0.05, 0.1) is 6.33 Å². The fourth-order valence-corrected chi connectivity index (χ4v) is 2.33. The average molecular weight is 299 g/mol. The number of aryl methyl sites for hydroxylation is 3. The Bertz CT molecular complexity index is 743. The van der Waals surface area contributed by atoms with Crippen molar-refractivity contribution in [2.75, 3.05) is 6.54 Å². The van der Waals surface area contributed by atoms with E-state index >= 15 is 0 Å². The topological polar surface area (TPSA) is 64.0 Å². The van der Waals surface area contributed by atoms with Crippen molar-refractivity contribution in [3.63, 3.8) is 0 Å². The highest BCUT2D eigenvalue weighted by molar-refractivity contribution is 5.94. The molecule has 0 aliphatic heterocycles. The highest BCUT2D eigenvalue weighted by Crippen LogP contribution is 2.08. The Balaban J connectivity index is 2.01. The van der Waals surface area contributed by atoms with Crippen molar-refractivity contribution in [1.82, 2.24) is 14.9 Å². The molecule has 0 aliphatic carbocycles. The molecule has 5 nitrogen and oxygen atoms in total. The third kappa shape index (κ3) is 3.61. The second-order valence-electron chi connectivity index (χ2n) is 5.59. The van der Waals surface area contributed by atoms with Crippen LogP contribution in [0.4, 0.5) is 0 Å². The first-order valence-corrected chi connectivity index (χ1v) is 7.27. The number of carbonyl (C=O) groups is 1. The zero-order valence-corrected chi connectivity index (χ0v) is 13.4. The minimum Gasteiger partial charge on any atom is -0.350 e. The predicted octanol–water partition coefficient (Wildman–Crippen LogP) is 1.91. The molecule has 0 saturated heterocycles. The van der Waals surface area contributed by atoms with Crippen LogP contribution >= 0.6 is 0 Å². The second-order valence-corrected chi connectivity index (χ2v) is 5.59. The monoisotopic (exact) mass is 299 g/mol. The maximum Gasteiger partial charge on any atom is 0.256 e. The van der Waals surface area contributed by atoms with Gasteiger partial charge in [-0.25, -0.2) is 4.98 Å². The second kappa shape index (κ2) is 6.56. The van der Waals surface area contributed by atoms with Crippen LogP contribution in [-0.2, 0) is 6.54 Å². The highest BCUT2D eigenvalue weighted by Gasteiger charge is 2.07. The molecule has 1 N–H and O–H groups in total. The number of nitrogens with zero attached hydrogens (tertiary/aromatic N) is 2. The highest BCUT2D eigenvalue weighted by atomic mass is 16.1. The standard InChI is InChI=1S/C17H21N3O2/c1-11-7-12(2)9-15(8-11)16(21)18-5-6-20-10-19-14(4)13(3)17(20)22/h7-10H,5-6H2,1-4H3,(H,18,21). The molecule has 2 aromatic rings. The van der Waals surface area contributed by atoms with E-state index in [2.05, 4.69) is 10.3 Å². The summed E-state index contributed by atoms with van der Waals surface area (Å²) in [4.78, 5) is 28.3. The third-order valence-corrected chi connectivity index (χ3v) is 3.64. The number of aromatic nitrogens is 2. The number of hydrogen-bond donors (Lipinski definition) is 1. The molecule has 0 unspecified atom stereocenters. The van der Waals surface area contributed by atoms with Crippen LogP contribution in [0.25, 0.3) is 0 Å².